The molecule has 0 radical (unpaired) electrons. The van der Waals surface area contributed by atoms with Crippen molar-refractivity contribution in [3.8, 4) is 45.3 Å². The van der Waals surface area contributed by atoms with E-state index in [0.717, 1.165) is 36.5 Å². The van der Waals surface area contributed by atoms with E-state index in [1.807, 2.05) is 115 Å². The number of para-hydroxylation sites is 2. The van der Waals surface area contributed by atoms with E-state index in [1.54, 1.807) is 11.3 Å². The van der Waals surface area contributed by atoms with Gasteiger partial charge in [-0.25, -0.2) is 15.0 Å². The topological polar surface area (TPSA) is 65.0 Å². The standard InChI is InChI=1S/C45H25N3O2S/c1-2-10-26(11-3-1)43-46-44(27-21-23-38-36(24-27)29-12-4-6-18-37(29)49-38)48-45(47-43)28-20-22-30-32-14-8-15-33(41(32)50-39(30)25-28)35-17-9-16-34-31-13-5-7-19-40(31)51-42(34)35/h1-25H/i8D,14D,15D,20D,22D,25D. The molecule has 0 bridgehead atoms. The summed E-state index contributed by atoms with van der Waals surface area (Å²) in [5.41, 5.74) is 3.77. The zero-order valence-corrected chi connectivity index (χ0v) is 27.4. The third kappa shape index (κ3) is 4.43. The molecule has 11 rings (SSSR count). The third-order valence-electron chi connectivity index (χ3n) is 9.26. The Labute approximate surface area is 303 Å². The highest BCUT2D eigenvalue weighted by molar-refractivity contribution is 7.26. The summed E-state index contributed by atoms with van der Waals surface area (Å²) in [6, 6.07) is 34.8. The van der Waals surface area contributed by atoms with E-state index in [4.69, 9.17) is 27.9 Å². The van der Waals surface area contributed by atoms with Crippen molar-refractivity contribution < 1.29 is 17.1 Å². The second-order valence-corrected chi connectivity index (χ2v) is 13.3. The van der Waals surface area contributed by atoms with Gasteiger partial charge in [-0.05, 0) is 42.4 Å². The molecular weight excluding hydrogens is 647 g/mol. The van der Waals surface area contributed by atoms with Crippen LogP contribution in [0.15, 0.2) is 160 Å². The highest BCUT2D eigenvalue weighted by Crippen LogP contribution is 2.44. The summed E-state index contributed by atoms with van der Waals surface area (Å²) in [5, 5.41) is 4.02. The molecule has 5 nitrogen and oxygen atoms in total. The van der Waals surface area contributed by atoms with Gasteiger partial charge in [0, 0.05) is 69.5 Å². The van der Waals surface area contributed by atoms with Gasteiger partial charge >= 0.3 is 0 Å². The number of fused-ring (bicyclic) bond motifs is 9. The predicted molar refractivity (Wildman–Crippen MR) is 209 cm³/mol. The van der Waals surface area contributed by atoms with Crippen LogP contribution in [0.2, 0.25) is 0 Å². The van der Waals surface area contributed by atoms with Crippen LogP contribution in [0.5, 0.6) is 0 Å². The van der Waals surface area contributed by atoms with Crippen molar-refractivity contribution in [2.24, 2.45) is 0 Å². The van der Waals surface area contributed by atoms with Gasteiger partial charge in [-0.1, -0.05) is 109 Å². The van der Waals surface area contributed by atoms with Crippen molar-refractivity contribution in [1.29, 1.82) is 0 Å². The Bertz CT molecular complexity index is 3510. The fraction of sp³-hybridized carbons (Fsp3) is 0. The summed E-state index contributed by atoms with van der Waals surface area (Å²) in [6.07, 6.45) is 0. The zero-order valence-electron chi connectivity index (χ0n) is 32.5. The molecule has 238 valence electrons. The minimum atomic E-state index is -0.336. The van der Waals surface area contributed by atoms with Gasteiger partial charge in [-0.2, -0.15) is 0 Å². The fourth-order valence-electron chi connectivity index (χ4n) is 6.86. The van der Waals surface area contributed by atoms with Gasteiger partial charge in [-0.3, -0.25) is 0 Å². The molecule has 0 aliphatic heterocycles. The van der Waals surface area contributed by atoms with Crippen LogP contribution in [-0.4, -0.2) is 15.0 Å². The van der Waals surface area contributed by atoms with Gasteiger partial charge in [-0.15, -0.1) is 11.3 Å². The molecule has 6 heteroatoms. The number of rotatable bonds is 4. The van der Waals surface area contributed by atoms with Gasteiger partial charge in [0.2, 0.25) is 0 Å². The molecular formula is C45H25N3O2S. The van der Waals surface area contributed by atoms with Crippen molar-refractivity contribution in [1.82, 2.24) is 15.0 Å². The number of nitrogens with zero attached hydrogens (tertiary/aromatic N) is 3. The summed E-state index contributed by atoms with van der Waals surface area (Å²) < 4.78 is 69.9. The number of benzene rings is 7. The van der Waals surface area contributed by atoms with Crippen LogP contribution >= 0.6 is 11.3 Å². The summed E-state index contributed by atoms with van der Waals surface area (Å²) in [7, 11) is 0. The Morgan fingerprint density at radius 1 is 0.471 bits per heavy atom. The first-order valence-electron chi connectivity index (χ1n) is 19.4. The smallest absolute Gasteiger partial charge is 0.164 e. The molecule has 0 saturated carbocycles. The molecule has 4 aromatic heterocycles. The van der Waals surface area contributed by atoms with Crippen molar-refractivity contribution >= 4 is 75.4 Å². The van der Waals surface area contributed by atoms with Crippen LogP contribution < -0.4 is 0 Å². The molecule has 51 heavy (non-hydrogen) atoms. The molecule has 0 atom stereocenters. The summed E-state index contributed by atoms with van der Waals surface area (Å²) in [4.78, 5) is 14.5. The van der Waals surface area contributed by atoms with E-state index in [1.165, 1.54) is 0 Å². The third-order valence-corrected chi connectivity index (χ3v) is 10.5. The van der Waals surface area contributed by atoms with Crippen LogP contribution in [0.1, 0.15) is 8.22 Å². The minimum Gasteiger partial charge on any atom is -0.456 e. The molecule has 4 heterocycles. The molecule has 0 amide bonds. The molecule has 0 spiro atoms. The zero-order chi connectivity index (χ0) is 38.7. The van der Waals surface area contributed by atoms with E-state index in [-0.39, 0.29) is 69.6 Å². The lowest BCUT2D eigenvalue weighted by molar-refractivity contribution is 0.669. The highest BCUT2D eigenvalue weighted by Gasteiger charge is 2.19. The quantitative estimate of drug-likeness (QED) is 0.185. The second-order valence-electron chi connectivity index (χ2n) is 12.3. The lowest BCUT2D eigenvalue weighted by Crippen LogP contribution is -2.00. The van der Waals surface area contributed by atoms with Crippen LogP contribution in [0.4, 0.5) is 0 Å². The van der Waals surface area contributed by atoms with E-state index in [2.05, 4.69) is 0 Å². The molecule has 0 unspecified atom stereocenters. The molecule has 0 N–H and O–H groups in total. The van der Waals surface area contributed by atoms with E-state index in [0.29, 0.717) is 39.5 Å². The fourth-order valence-corrected chi connectivity index (χ4v) is 8.08. The Morgan fingerprint density at radius 3 is 2.12 bits per heavy atom. The lowest BCUT2D eigenvalue weighted by atomic mass is 10.00. The number of aromatic nitrogens is 3. The van der Waals surface area contributed by atoms with E-state index in [9.17, 15) is 4.11 Å². The molecule has 0 fully saturated rings. The molecule has 0 aliphatic rings. The Balaban J connectivity index is 1.18. The van der Waals surface area contributed by atoms with Gasteiger partial charge in [0.25, 0.3) is 0 Å². The van der Waals surface area contributed by atoms with Gasteiger partial charge in [0.15, 0.2) is 17.5 Å². The summed E-state index contributed by atoms with van der Waals surface area (Å²) in [5.74, 6) is 0.615. The van der Waals surface area contributed by atoms with Crippen molar-refractivity contribution in [3.63, 3.8) is 0 Å². The van der Waals surface area contributed by atoms with Gasteiger partial charge in [0.05, 0.1) is 8.22 Å². The van der Waals surface area contributed by atoms with Gasteiger partial charge < -0.3 is 8.83 Å². The average molecular weight is 678 g/mol. The normalized spacial score (nSPS) is 13.6. The molecule has 0 saturated heterocycles. The van der Waals surface area contributed by atoms with E-state index >= 15 is 0 Å². The number of furan rings is 2. The van der Waals surface area contributed by atoms with E-state index < -0.39 is 0 Å². The van der Waals surface area contributed by atoms with Crippen LogP contribution in [-0.2, 0) is 0 Å². The Hall–Kier alpha value is -6.63. The first kappa shape index (κ1) is 22.9. The number of hydrogen-bond acceptors (Lipinski definition) is 6. The predicted octanol–water partition coefficient (Wildman–Crippen LogP) is 12.7. The summed E-state index contributed by atoms with van der Waals surface area (Å²) in [6.45, 7) is 0. The maximum Gasteiger partial charge on any atom is 0.164 e. The molecule has 0 aliphatic carbocycles. The van der Waals surface area contributed by atoms with Crippen molar-refractivity contribution in [3.05, 3.63) is 152 Å². The van der Waals surface area contributed by atoms with Crippen LogP contribution in [0.3, 0.4) is 0 Å². The van der Waals surface area contributed by atoms with Crippen molar-refractivity contribution in [2.75, 3.05) is 0 Å². The number of thiophene rings is 1. The second kappa shape index (κ2) is 10.9. The number of hydrogen-bond donors (Lipinski definition) is 0. The SMILES string of the molecule is [2H]c1c([2H])c([2H])c2c(oc3c([2H])c(-c4nc(-c5ccccc5)nc(-c5ccc6oc7ccccc7c6c5)n4)c([2H])c([2H])c32)c1-c1cccc2c1sc1ccccc12. The molecule has 7 aromatic carbocycles. The minimum absolute atomic E-state index is 0.00517. The first-order valence-corrected chi connectivity index (χ1v) is 17.2. The highest BCUT2D eigenvalue weighted by atomic mass is 32.1. The maximum absolute atomic E-state index is 9.57. The average Bonchev–Trinajstić information content (AvgIpc) is 3.95. The monoisotopic (exact) mass is 677 g/mol. The Kier molecular flexibility index (Phi) is 4.91. The Morgan fingerprint density at radius 2 is 1.22 bits per heavy atom. The molecule has 11 aromatic rings. The lowest BCUT2D eigenvalue weighted by Gasteiger charge is -2.08. The first-order chi connectivity index (χ1) is 27.8. The van der Waals surface area contributed by atoms with Crippen LogP contribution in [0, 0.1) is 0 Å². The van der Waals surface area contributed by atoms with Gasteiger partial charge in [0.1, 0.15) is 22.3 Å². The van der Waals surface area contributed by atoms with Crippen molar-refractivity contribution in [2.45, 2.75) is 0 Å². The summed E-state index contributed by atoms with van der Waals surface area (Å²) >= 11 is 1.56. The van der Waals surface area contributed by atoms with Crippen LogP contribution in [0.25, 0.3) is 109 Å². The maximum atomic E-state index is 9.57. The largest absolute Gasteiger partial charge is 0.456 e.